The van der Waals surface area contributed by atoms with E-state index in [1.54, 1.807) is 16.7 Å². The second-order valence-corrected chi connectivity index (χ2v) is 8.87. The molecular formula is C19H34N4O4. The minimum Gasteiger partial charge on any atom is -0.450 e. The van der Waals surface area contributed by atoms with E-state index in [1.165, 1.54) is 0 Å². The molecule has 3 amide bonds. The zero-order chi connectivity index (χ0) is 20.4. The maximum atomic E-state index is 13.0. The van der Waals surface area contributed by atoms with E-state index in [0.717, 1.165) is 0 Å². The number of nitrogens with one attached hydrogen (secondary N) is 1. The molecule has 0 aromatic heterocycles. The minimum atomic E-state index is -0.582. The molecule has 8 nitrogen and oxygen atoms in total. The second-order valence-electron chi connectivity index (χ2n) is 8.87. The van der Waals surface area contributed by atoms with Crippen LogP contribution in [0.5, 0.6) is 0 Å². The molecule has 154 valence electrons. The summed E-state index contributed by atoms with van der Waals surface area (Å²) in [5.41, 5.74) is 5.19. The van der Waals surface area contributed by atoms with E-state index in [-0.39, 0.29) is 18.2 Å². The summed E-state index contributed by atoms with van der Waals surface area (Å²) in [7, 11) is 0. The Hall–Kier alpha value is -1.83. The van der Waals surface area contributed by atoms with Crippen molar-refractivity contribution in [3.8, 4) is 0 Å². The van der Waals surface area contributed by atoms with Crippen LogP contribution in [0.15, 0.2) is 0 Å². The number of likely N-dealkylation sites (tertiary alicyclic amines) is 2. The van der Waals surface area contributed by atoms with E-state index >= 15 is 0 Å². The van der Waals surface area contributed by atoms with Gasteiger partial charge in [0, 0.05) is 36.3 Å². The van der Waals surface area contributed by atoms with Gasteiger partial charge in [-0.25, -0.2) is 4.79 Å². The fraction of sp³-hybridized carbons (Fsp3) is 0.842. The van der Waals surface area contributed by atoms with Gasteiger partial charge in [0.25, 0.3) is 0 Å². The Bertz CT molecular complexity index is 564. The second kappa shape index (κ2) is 8.04. The fourth-order valence-corrected chi connectivity index (χ4v) is 4.68. The standard InChI is InChI=1S/C19H34N4O4/c1-6-27-17(26)22-9-7-14(8-10-22)21-15(24)16(25)23-18(2,3)11-13(20)12-19(23,4)5/h13-14H,6-12,20H2,1-5H3,(H,21,24). The van der Waals surface area contributed by atoms with Crippen molar-refractivity contribution in [3.63, 3.8) is 0 Å². The maximum Gasteiger partial charge on any atom is 0.409 e. The van der Waals surface area contributed by atoms with Gasteiger partial charge in [-0.3, -0.25) is 9.59 Å². The maximum absolute atomic E-state index is 13.0. The largest absolute Gasteiger partial charge is 0.450 e. The highest BCUT2D eigenvalue weighted by Crippen LogP contribution is 2.37. The Labute approximate surface area is 161 Å². The van der Waals surface area contributed by atoms with Crippen molar-refractivity contribution in [1.82, 2.24) is 15.1 Å². The van der Waals surface area contributed by atoms with Gasteiger partial charge in [-0.05, 0) is 60.3 Å². The molecule has 0 atom stereocenters. The SMILES string of the molecule is CCOC(=O)N1CCC(NC(=O)C(=O)N2C(C)(C)CC(N)CC2(C)C)CC1. The first-order chi connectivity index (χ1) is 12.5. The third-order valence-electron chi connectivity index (χ3n) is 5.49. The molecule has 8 heteroatoms. The van der Waals surface area contributed by atoms with Crippen LogP contribution in [0, 0.1) is 0 Å². The highest BCUT2D eigenvalue weighted by atomic mass is 16.6. The third-order valence-corrected chi connectivity index (χ3v) is 5.49. The fourth-order valence-electron chi connectivity index (χ4n) is 4.68. The minimum absolute atomic E-state index is 0.00863. The number of carbonyl (C=O) groups is 3. The van der Waals surface area contributed by atoms with Crippen molar-refractivity contribution in [1.29, 1.82) is 0 Å². The van der Waals surface area contributed by atoms with Gasteiger partial charge in [0.05, 0.1) is 6.61 Å². The molecule has 0 saturated carbocycles. The number of nitrogens with zero attached hydrogens (tertiary/aromatic N) is 2. The van der Waals surface area contributed by atoms with Crippen LogP contribution in [0.4, 0.5) is 4.79 Å². The van der Waals surface area contributed by atoms with Crippen molar-refractivity contribution in [2.45, 2.75) is 83.5 Å². The Morgan fingerprint density at radius 1 is 1.07 bits per heavy atom. The van der Waals surface area contributed by atoms with Crippen LogP contribution in [-0.4, -0.2) is 70.6 Å². The van der Waals surface area contributed by atoms with Crippen LogP contribution in [0.3, 0.4) is 0 Å². The molecule has 27 heavy (non-hydrogen) atoms. The van der Waals surface area contributed by atoms with Gasteiger partial charge < -0.3 is 25.6 Å². The third kappa shape index (κ3) is 4.91. The van der Waals surface area contributed by atoms with Crippen molar-refractivity contribution >= 4 is 17.9 Å². The molecule has 0 unspecified atom stereocenters. The molecular weight excluding hydrogens is 348 g/mol. The van der Waals surface area contributed by atoms with Crippen LogP contribution >= 0.6 is 0 Å². The molecule has 0 bridgehead atoms. The summed E-state index contributed by atoms with van der Waals surface area (Å²) in [4.78, 5) is 40.7. The summed E-state index contributed by atoms with van der Waals surface area (Å²) in [5, 5.41) is 2.85. The highest BCUT2D eigenvalue weighted by molar-refractivity contribution is 6.35. The first kappa shape index (κ1) is 21.5. The number of piperidine rings is 2. The van der Waals surface area contributed by atoms with E-state index < -0.39 is 22.9 Å². The van der Waals surface area contributed by atoms with Gasteiger partial charge in [0.2, 0.25) is 0 Å². The molecule has 3 N–H and O–H groups in total. The summed E-state index contributed by atoms with van der Waals surface area (Å²) in [6, 6.07) is -0.111. The molecule has 0 aromatic rings. The van der Waals surface area contributed by atoms with Gasteiger partial charge in [-0.15, -0.1) is 0 Å². The van der Waals surface area contributed by atoms with Crippen LogP contribution in [0.1, 0.15) is 60.3 Å². The first-order valence-electron chi connectivity index (χ1n) is 9.80. The molecule has 0 aliphatic carbocycles. The number of carbonyl (C=O) groups excluding carboxylic acids is 3. The lowest BCUT2D eigenvalue weighted by Crippen LogP contribution is -2.67. The smallest absolute Gasteiger partial charge is 0.409 e. The Morgan fingerprint density at radius 3 is 2.07 bits per heavy atom. The average molecular weight is 383 g/mol. The number of amides is 3. The van der Waals surface area contributed by atoms with Gasteiger partial charge >= 0.3 is 17.9 Å². The van der Waals surface area contributed by atoms with Crippen molar-refractivity contribution < 1.29 is 19.1 Å². The summed E-state index contributed by atoms with van der Waals surface area (Å²) in [6.07, 6.45) is 2.21. The average Bonchev–Trinajstić information content (AvgIpc) is 2.52. The van der Waals surface area contributed by atoms with Gasteiger partial charge in [0.15, 0.2) is 0 Å². The topological polar surface area (TPSA) is 105 Å². The lowest BCUT2D eigenvalue weighted by atomic mass is 9.77. The van der Waals surface area contributed by atoms with Crippen LogP contribution < -0.4 is 11.1 Å². The quantitative estimate of drug-likeness (QED) is 0.699. The number of hydrogen-bond acceptors (Lipinski definition) is 5. The van der Waals surface area contributed by atoms with E-state index in [2.05, 4.69) is 5.32 Å². The van der Waals surface area contributed by atoms with Crippen LogP contribution in [-0.2, 0) is 14.3 Å². The van der Waals surface area contributed by atoms with Crippen LogP contribution in [0.25, 0.3) is 0 Å². The van der Waals surface area contributed by atoms with Crippen molar-refractivity contribution in [3.05, 3.63) is 0 Å². The summed E-state index contributed by atoms with van der Waals surface area (Å²) in [6.45, 7) is 10.9. The monoisotopic (exact) mass is 382 g/mol. The van der Waals surface area contributed by atoms with E-state index in [1.807, 2.05) is 27.7 Å². The van der Waals surface area contributed by atoms with Crippen molar-refractivity contribution in [2.24, 2.45) is 5.73 Å². The van der Waals surface area contributed by atoms with E-state index in [9.17, 15) is 14.4 Å². The Balaban J connectivity index is 1.96. The number of nitrogens with two attached hydrogens (primary N) is 1. The summed E-state index contributed by atoms with van der Waals surface area (Å²) >= 11 is 0. The van der Waals surface area contributed by atoms with Crippen molar-refractivity contribution in [2.75, 3.05) is 19.7 Å². The molecule has 0 aromatic carbocycles. The molecule has 2 fully saturated rings. The van der Waals surface area contributed by atoms with E-state index in [4.69, 9.17) is 10.5 Å². The summed E-state index contributed by atoms with van der Waals surface area (Å²) in [5.74, 6) is -1.09. The van der Waals surface area contributed by atoms with Crippen LogP contribution in [0.2, 0.25) is 0 Å². The molecule has 2 aliphatic heterocycles. The molecule has 2 rings (SSSR count). The number of rotatable bonds is 2. The Kier molecular flexibility index (Phi) is 6.39. The van der Waals surface area contributed by atoms with Gasteiger partial charge in [0.1, 0.15) is 0 Å². The van der Waals surface area contributed by atoms with E-state index in [0.29, 0.717) is 45.4 Å². The highest BCUT2D eigenvalue weighted by Gasteiger charge is 2.48. The molecule has 0 radical (unpaired) electrons. The van der Waals surface area contributed by atoms with Gasteiger partial charge in [-0.1, -0.05) is 0 Å². The molecule has 0 spiro atoms. The molecule has 2 saturated heterocycles. The first-order valence-corrected chi connectivity index (χ1v) is 9.80. The normalized spacial score (nSPS) is 23.0. The zero-order valence-electron chi connectivity index (χ0n) is 17.2. The Morgan fingerprint density at radius 2 is 1.59 bits per heavy atom. The lowest BCUT2D eigenvalue weighted by Gasteiger charge is -2.54. The molecule has 2 heterocycles. The predicted molar refractivity (Wildman–Crippen MR) is 102 cm³/mol. The zero-order valence-corrected chi connectivity index (χ0v) is 17.2. The predicted octanol–water partition coefficient (Wildman–Crippen LogP) is 1.23. The molecule has 2 aliphatic rings. The van der Waals surface area contributed by atoms with Gasteiger partial charge in [-0.2, -0.15) is 0 Å². The lowest BCUT2D eigenvalue weighted by molar-refractivity contribution is -0.159. The summed E-state index contributed by atoms with van der Waals surface area (Å²) < 4.78 is 5.00. The number of ether oxygens (including phenoxy) is 1. The number of hydrogen-bond donors (Lipinski definition) is 2.